The number of aromatic nitrogens is 2. The maximum atomic E-state index is 12.0. The monoisotopic (exact) mass is 321 g/mol. The predicted octanol–water partition coefficient (Wildman–Crippen LogP) is 1.50. The number of rotatable bonds is 4. The van der Waals surface area contributed by atoms with Gasteiger partial charge in [0.2, 0.25) is 5.95 Å². The molecule has 7 heteroatoms. The molecule has 0 saturated carbocycles. The van der Waals surface area contributed by atoms with Gasteiger partial charge in [-0.15, -0.1) is 0 Å². The average molecular weight is 321 g/mol. The van der Waals surface area contributed by atoms with Crippen molar-refractivity contribution in [3.05, 3.63) is 18.5 Å². The van der Waals surface area contributed by atoms with Crippen molar-refractivity contribution >= 4 is 23.7 Å². The van der Waals surface area contributed by atoms with Crippen LogP contribution in [0.15, 0.2) is 18.5 Å². The van der Waals surface area contributed by atoms with Crippen molar-refractivity contribution < 1.29 is 4.79 Å². The number of carbonyl (C=O) groups excluding carboxylic acids is 1. The number of piperidine rings is 1. The number of amides is 2. The first-order chi connectivity index (χ1) is 10.8. The molecular weight excluding hydrogens is 298 g/mol. The van der Waals surface area contributed by atoms with Gasteiger partial charge in [0.25, 0.3) is 0 Å². The van der Waals surface area contributed by atoms with Gasteiger partial charge in [-0.05, 0) is 42.8 Å². The second-order valence-electron chi connectivity index (χ2n) is 5.92. The number of nitrogens with zero attached hydrogens (tertiary/aromatic N) is 3. The molecule has 0 aromatic carbocycles. The fourth-order valence-electron chi connectivity index (χ4n) is 2.95. The zero-order chi connectivity index (χ0) is 15.2. The summed E-state index contributed by atoms with van der Waals surface area (Å²) in [6.07, 6.45) is 6.78. The predicted molar refractivity (Wildman–Crippen MR) is 89.2 cm³/mol. The van der Waals surface area contributed by atoms with E-state index < -0.39 is 0 Å². The number of nitrogens with one attached hydrogen (secondary N) is 2. The maximum Gasteiger partial charge on any atom is 0.315 e. The summed E-state index contributed by atoms with van der Waals surface area (Å²) in [4.78, 5) is 22.8. The summed E-state index contributed by atoms with van der Waals surface area (Å²) in [5.41, 5.74) is 0. The van der Waals surface area contributed by atoms with Crippen LogP contribution >= 0.6 is 11.8 Å². The highest BCUT2D eigenvalue weighted by molar-refractivity contribution is 7.99. The molecule has 2 saturated heterocycles. The number of thioether (sulfide) groups is 1. The van der Waals surface area contributed by atoms with Gasteiger partial charge in [0.05, 0.1) is 0 Å². The second-order valence-corrected chi connectivity index (χ2v) is 7.07. The number of urea groups is 1. The number of anilines is 1. The Bertz CT molecular complexity index is 480. The van der Waals surface area contributed by atoms with E-state index in [4.69, 9.17) is 0 Å². The lowest BCUT2D eigenvalue weighted by molar-refractivity contribution is 0.233. The largest absolute Gasteiger partial charge is 0.339 e. The quantitative estimate of drug-likeness (QED) is 0.879. The molecule has 0 bridgehead atoms. The minimum atomic E-state index is -0.0438. The standard InChI is InChI=1S/C15H23N5OS/c21-15(18-9-12-4-8-22-11-12)19-13-3-1-7-20(10-13)14-16-5-2-6-17-14/h2,5-6,12-13H,1,3-4,7-11H2,(H2,18,19,21)/t12-,13+/m1/s1. The molecule has 1 aromatic rings. The van der Waals surface area contributed by atoms with E-state index in [0.717, 1.165) is 38.4 Å². The molecule has 0 radical (unpaired) electrons. The van der Waals surface area contributed by atoms with Gasteiger partial charge in [0.15, 0.2) is 0 Å². The number of hydrogen-bond acceptors (Lipinski definition) is 5. The highest BCUT2D eigenvalue weighted by Gasteiger charge is 2.23. The van der Waals surface area contributed by atoms with E-state index in [-0.39, 0.29) is 12.1 Å². The Hall–Kier alpha value is -1.50. The van der Waals surface area contributed by atoms with E-state index in [2.05, 4.69) is 25.5 Å². The second kappa shape index (κ2) is 7.67. The molecule has 1 aromatic heterocycles. The molecule has 0 aliphatic carbocycles. The molecule has 0 spiro atoms. The van der Waals surface area contributed by atoms with Crippen molar-refractivity contribution in [1.82, 2.24) is 20.6 Å². The van der Waals surface area contributed by atoms with E-state index >= 15 is 0 Å². The summed E-state index contributed by atoms with van der Waals surface area (Å²) in [6, 6.07) is 1.94. The smallest absolute Gasteiger partial charge is 0.315 e. The zero-order valence-corrected chi connectivity index (χ0v) is 13.5. The minimum Gasteiger partial charge on any atom is -0.339 e. The van der Waals surface area contributed by atoms with Crippen LogP contribution in [0.3, 0.4) is 0 Å². The molecule has 2 aliphatic heterocycles. The molecule has 2 fully saturated rings. The van der Waals surface area contributed by atoms with Crippen LogP contribution in [0, 0.1) is 5.92 Å². The molecule has 0 unspecified atom stereocenters. The van der Waals surface area contributed by atoms with E-state index in [1.165, 1.54) is 17.9 Å². The number of hydrogen-bond donors (Lipinski definition) is 2. The molecule has 6 nitrogen and oxygen atoms in total. The molecule has 2 atom stereocenters. The molecule has 2 N–H and O–H groups in total. The lowest BCUT2D eigenvalue weighted by Crippen LogP contribution is -2.51. The highest BCUT2D eigenvalue weighted by atomic mass is 32.2. The third-order valence-corrected chi connectivity index (χ3v) is 5.40. The van der Waals surface area contributed by atoms with Crippen molar-refractivity contribution in [1.29, 1.82) is 0 Å². The first kappa shape index (κ1) is 15.4. The van der Waals surface area contributed by atoms with E-state index in [1.54, 1.807) is 12.4 Å². The summed E-state index contributed by atoms with van der Waals surface area (Å²) < 4.78 is 0. The van der Waals surface area contributed by atoms with E-state index in [0.29, 0.717) is 5.92 Å². The van der Waals surface area contributed by atoms with Crippen LogP contribution < -0.4 is 15.5 Å². The third-order valence-electron chi connectivity index (χ3n) is 4.17. The van der Waals surface area contributed by atoms with E-state index in [1.807, 2.05) is 17.8 Å². The van der Waals surface area contributed by atoms with Crippen LogP contribution in [0.2, 0.25) is 0 Å². The molecular formula is C15H23N5OS. The lowest BCUT2D eigenvalue weighted by atomic mass is 10.1. The minimum absolute atomic E-state index is 0.0438. The normalized spacial score (nSPS) is 25.0. The van der Waals surface area contributed by atoms with Crippen LogP contribution in [-0.2, 0) is 0 Å². The lowest BCUT2D eigenvalue weighted by Gasteiger charge is -2.33. The fraction of sp³-hybridized carbons (Fsp3) is 0.667. The summed E-state index contributed by atoms with van der Waals surface area (Å²) >= 11 is 1.98. The van der Waals surface area contributed by atoms with Gasteiger partial charge >= 0.3 is 6.03 Å². The van der Waals surface area contributed by atoms with Gasteiger partial charge in [-0.25, -0.2) is 14.8 Å². The van der Waals surface area contributed by atoms with Crippen LogP contribution in [0.1, 0.15) is 19.3 Å². The number of carbonyl (C=O) groups is 1. The van der Waals surface area contributed by atoms with Crippen molar-refractivity contribution in [2.24, 2.45) is 5.92 Å². The fourth-order valence-corrected chi connectivity index (χ4v) is 4.23. The van der Waals surface area contributed by atoms with Gasteiger partial charge in [-0.1, -0.05) is 0 Å². The molecule has 120 valence electrons. The Kier molecular flexibility index (Phi) is 5.37. The summed E-state index contributed by atoms with van der Waals surface area (Å²) in [5, 5.41) is 6.10. The molecule has 3 rings (SSSR count). The summed E-state index contributed by atoms with van der Waals surface area (Å²) in [6.45, 7) is 2.51. The van der Waals surface area contributed by atoms with Gasteiger partial charge < -0.3 is 15.5 Å². The van der Waals surface area contributed by atoms with Crippen LogP contribution in [0.5, 0.6) is 0 Å². The molecule has 2 amide bonds. The van der Waals surface area contributed by atoms with Crippen molar-refractivity contribution in [3.8, 4) is 0 Å². The van der Waals surface area contributed by atoms with Crippen molar-refractivity contribution in [2.45, 2.75) is 25.3 Å². The van der Waals surface area contributed by atoms with E-state index in [9.17, 15) is 4.79 Å². The van der Waals surface area contributed by atoms with Crippen molar-refractivity contribution in [3.63, 3.8) is 0 Å². The zero-order valence-electron chi connectivity index (χ0n) is 12.7. The maximum absolute atomic E-state index is 12.0. The SMILES string of the molecule is O=C(NC[C@H]1CCSC1)N[C@H]1CCCN(c2ncccn2)C1. The average Bonchev–Trinajstić information content (AvgIpc) is 3.08. The van der Waals surface area contributed by atoms with Gasteiger partial charge in [0.1, 0.15) is 0 Å². The van der Waals surface area contributed by atoms with Gasteiger partial charge in [-0.2, -0.15) is 11.8 Å². The molecule has 2 aliphatic rings. The Labute approximate surface area is 135 Å². The first-order valence-electron chi connectivity index (χ1n) is 7.95. The Balaban J connectivity index is 1.44. The van der Waals surface area contributed by atoms with Crippen LogP contribution in [-0.4, -0.2) is 53.2 Å². The van der Waals surface area contributed by atoms with Crippen LogP contribution in [0.25, 0.3) is 0 Å². The van der Waals surface area contributed by atoms with Gasteiger partial charge in [-0.3, -0.25) is 0 Å². The Morgan fingerprint density at radius 3 is 3.00 bits per heavy atom. The topological polar surface area (TPSA) is 70.2 Å². The Morgan fingerprint density at radius 1 is 1.36 bits per heavy atom. The Morgan fingerprint density at radius 2 is 2.23 bits per heavy atom. The third kappa shape index (κ3) is 4.25. The van der Waals surface area contributed by atoms with Crippen molar-refractivity contribution in [2.75, 3.05) is 36.0 Å². The first-order valence-corrected chi connectivity index (χ1v) is 9.11. The summed E-state index contributed by atoms with van der Waals surface area (Å²) in [7, 11) is 0. The molecule has 22 heavy (non-hydrogen) atoms. The van der Waals surface area contributed by atoms with Gasteiger partial charge in [0, 0.05) is 38.1 Å². The summed E-state index contributed by atoms with van der Waals surface area (Å²) in [5.74, 6) is 3.78. The highest BCUT2D eigenvalue weighted by Crippen LogP contribution is 2.22. The van der Waals surface area contributed by atoms with Crippen LogP contribution in [0.4, 0.5) is 10.7 Å². The molecule has 3 heterocycles.